The van der Waals surface area contributed by atoms with Crippen LogP contribution in [0, 0.1) is 0 Å². The molecule has 2 rings (SSSR count). The second-order valence-corrected chi connectivity index (χ2v) is 8.41. The van der Waals surface area contributed by atoms with Crippen molar-refractivity contribution in [3.8, 4) is 5.75 Å². The highest BCUT2D eigenvalue weighted by Crippen LogP contribution is 2.42. The van der Waals surface area contributed by atoms with E-state index in [0.717, 1.165) is 16.9 Å². The van der Waals surface area contributed by atoms with Crippen LogP contribution in [0.15, 0.2) is 42.5 Å². The number of benzene rings is 2. The number of rotatable bonds is 4. The van der Waals surface area contributed by atoms with E-state index in [9.17, 15) is 5.11 Å². The van der Waals surface area contributed by atoms with Gasteiger partial charge in [0.25, 0.3) is 0 Å². The summed E-state index contributed by atoms with van der Waals surface area (Å²) in [6.45, 7) is 13.8. The molecule has 2 heteroatoms. The van der Waals surface area contributed by atoms with Gasteiger partial charge in [-0.25, -0.2) is 0 Å². The Kier molecular flexibility index (Phi) is 5.39. The molecule has 0 aliphatic rings. The van der Waals surface area contributed by atoms with Crippen molar-refractivity contribution < 1.29 is 9.84 Å². The maximum Gasteiger partial charge on any atom is 0.123 e. The van der Waals surface area contributed by atoms with Gasteiger partial charge in [0.1, 0.15) is 12.4 Å². The van der Waals surface area contributed by atoms with Crippen LogP contribution in [0.1, 0.15) is 63.8 Å². The standard InChI is InChI=1S/C22H30O2/c1-21(2,3)19-17(14-23)12-13-18(20(19)22(4,5)6)24-15-16-10-8-7-9-11-16/h7-13,23H,14-15H2,1-6H3. The Morgan fingerprint density at radius 1 is 0.792 bits per heavy atom. The molecule has 0 unspecified atom stereocenters. The summed E-state index contributed by atoms with van der Waals surface area (Å²) in [6.07, 6.45) is 0. The van der Waals surface area contributed by atoms with Crippen molar-refractivity contribution in [2.45, 2.75) is 65.6 Å². The van der Waals surface area contributed by atoms with E-state index in [4.69, 9.17) is 4.74 Å². The van der Waals surface area contributed by atoms with Gasteiger partial charge < -0.3 is 9.84 Å². The Morgan fingerprint density at radius 2 is 1.38 bits per heavy atom. The maximum absolute atomic E-state index is 9.83. The molecule has 1 N–H and O–H groups in total. The summed E-state index contributed by atoms with van der Waals surface area (Å²) in [7, 11) is 0. The van der Waals surface area contributed by atoms with E-state index in [1.165, 1.54) is 11.1 Å². The number of hydrogen-bond acceptors (Lipinski definition) is 2. The highest BCUT2D eigenvalue weighted by Gasteiger charge is 2.30. The van der Waals surface area contributed by atoms with Gasteiger partial charge >= 0.3 is 0 Å². The molecule has 0 fully saturated rings. The lowest BCUT2D eigenvalue weighted by Gasteiger charge is -2.33. The number of hydrogen-bond donors (Lipinski definition) is 1. The molecule has 0 aromatic heterocycles. The van der Waals surface area contributed by atoms with E-state index in [1.54, 1.807) is 0 Å². The number of ether oxygens (including phenoxy) is 1. The molecule has 0 spiro atoms. The van der Waals surface area contributed by atoms with Gasteiger partial charge in [-0.15, -0.1) is 0 Å². The van der Waals surface area contributed by atoms with Crippen LogP contribution in [-0.2, 0) is 24.0 Å². The fourth-order valence-electron chi connectivity index (χ4n) is 3.22. The first-order valence-corrected chi connectivity index (χ1v) is 8.59. The van der Waals surface area contributed by atoms with Gasteiger partial charge in [-0.3, -0.25) is 0 Å². The zero-order valence-electron chi connectivity index (χ0n) is 15.8. The molecule has 2 aromatic carbocycles. The summed E-state index contributed by atoms with van der Waals surface area (Å²) in [5.41, 5.74) is 4.40. The Hall–Kier alpha value is -1.80. The molecule has 0 bridgehead atoms. The third-order valence-corrected chi connectivity index (χ3v) is 4.16. The Balaban J connectivity index is 2.51. The average molecular weight is 326 g/mol. The van der Waals surface area contributed by atoms with Gasteiger partial charge in [0.2, 0.25) is 0 Å². The smallest absolute Gasteiger partial charge is 0.123 e. The van der Waals surface area contributed by atoms with Crippen LogP contribution in [0.25, 0.3) is 0 Å². The quantitative estimate of drug-likeness (QED) is 0.820. The molecule has 0 aliphatic heterocycles. The van der Waals surface area contributed by atoms with Gasteiger partial charge in [0, 0.05) is 5.56 Å². The van der Waals surface area contributed by atoms with Crippen LogP contribution in [-0.4, -0.2) is 5.11 Å². The summed E-state index contributed by atoms with van der Waals surface area (Å²) in [5.74, 6) is 0.911. The topological polar surface area (TPSA) is 29.5 Å². The summed E-state index contributed by atoms with van der Waals surface area (Å²) in [6, 6.07) is 14.2. The molecule has 2 aromatic rings. The number of aliphatic hydroxyl groups excluding tert-OH is 1. The SMILES string of the molecule is CC(C)(C)c1c(CO)ccc(OCc2ccccc2)c1C(C)(C)C. The second-order valence-electron chi connectivity index (χ2n) is 8.41. The second kappa shape index (κ2) is 6.98. The van der Waals surface area contributed by atoms with E-state index in [0.29, 0.717) is 6.61 Å². The van der Waals surface area contributed by atoms with Crippen molar-refractivity contribution in [3.63, 3.8) is 0 Å². The van der Waals surface area contributed by atoms with Crippen LogP contribution in [0.3, 0.4) is 0 Å². The molecular weight excluding hydrogens is 296 g/mol. The summed E-state index contributed by atoms with van der Waals surface area (Å²) in [5, 5.41) is 9.83. The molecule has 0 amide bonds. The Labute approximate surface area is 146 Å². The summed E-state index contributed by atoms with van der Waals surface area (Å²) < 4.78 is 6.20. The van der Waals surface area contributed by atoms with Crippen LogP contribution in [0.2, 0.25) is 0 Å². The molecule has 0 aliphatic carbocycles. The molecule has 0 radical (unpaired) electrons. The molecule has 0 heterocycles. The highest BCUT2D eigenvalue weighted by atomic mass is 16.5. The lowest BCUT2D eigenvalue weighted by Crippen LogP contribution is -2.25. The first-order chi connectivity index (χ1) is 11.1. The van der Waals surface area contributed by atoms with Crippen molar-refractivity contribution in [1.29, 1.82) is 0 Å². The molecule has 0 atom stereocenters. The largest absolute Gasteiger partial charge is 0.489 e. The van der Waals surface area contributed by atoms with Crippen molar-refractivity contribution in [1.82, 2.24) is 0 Å². The van der Waals surface area contributed by atoms with Crippen LogP contribution in [0.5, 0.6) is 5.75 Å². The highest BCUT2D eigenvalue weighted by molar-refractivity contribution is 5.52. The van der Waals surface area contributed by atoms with Crippen LogP contribution in [0.4, 0.5) is 0 Å². The monoisotopic (exact) mass is 326 g/mol. The summed E-state index contributed by atoms with van der Waals surface area (Å²) in [4.78, 5) is 0. The fourth-order valence-corrected chi connectivity index (χ4v) is 3.22. The lowest BCUT2D eigenvalue weighted by molar-refractivity contribution is 0.274. The normalized spacial score (nSPS) is 12.3. The Bertz CT molecular complexity index is 674. The molecule has 0 saturated heterocycles. The van der Waals surface area contributed by atoms with Crippen LogP contribution < -0.4 is 4.74 Å². The van der Waals surface area contributed by atoms with Gasteiger partial charge in [0.05, 0.1) is 6.61 Å². The average Bonchev–Trinajstić information content (AvgIpc) is 2.51. The van der Waals surface area contributed by atoms with E-state index in [2.05, 4.69) is 53.7 Å². The van der Waals surface area contributed by atoms with Gasteiger partial charge in [-0.2, -0.15) is 0 Å². The summed E-state index contributed by atoms with van der Waals surface area (Å²) >= 11 is 0. The van der Waals surface area contributed by atoms with Crippen molar-refractivity contribution in [2.75, 3.05) is 0 Å². The minimum Gasteiger partial charge on any atom is -0.489 e. The molecular formula is C22H30O2. The van der Waals surface area contributed by atoms with Crippen molar-refractivity contribution >= 4 is 0 Å². The van der Waals surface area contributed by atoms with Gasteiger partial charge in [0.15, 0.2) is 0 Å². The van der Waals surface area contributed by atoms with E-state index >= 15 is 0 Å². The fraction of sp³-hybridized carbons (Fsp3) is 0.455. The maximum atomic E-state index is 9.83. The first kappa shape index (κ1) is 18.5. The molecule has 24 heavy (non-hydrogen) atoms. The van der Waals surface area contributed by atoms with Crippen molar-refractivity contribution in [2.24, 2.45) is 0 Å². The van der Waals surface area contributed by atoms with Gasteiger partial charge in [-0.1, -0.05) is 77.9 Å². The lowest BCUT2D eigenvalue weighted by atomic mass is 9.73. The third-order valence-electron chi connectivity index (χ3n) is 4.16. The Morgan fingerprint density at radius 3 is 1.88 bits per heavy atom. The van der Waals surface area contributed by atoms with E-state index in [-0.39, 0.29) is 17.4 Å². The van der Waals surface area contributed by atoms with Crippen molar-refractivity contribution in [3.05, 3.63) is 64.7 Å². The predicted octanol–water partition coefficient (Wildman–Crippen LogP) is 5.35. The molecule has 2 nitrogen and oxygen atoms in total. The van der Waals surface area contributed by atoms with E-state index < -0.39 is 0 Å². The van der Waals surface area contributed by atoms with Gasteiger partial charge in [-0.05, 0) is 33.6 Å². The minimum atomic E-state index is -0.0696. The molecule has 130 valence electrons. The third kappa shape index (κ3) is 4.18. The first-order valence-electron chi connectivity index (χ1n) is 8.59. The minimum absolute atomic E-state index is 0.0502. The number of aliphatic hydroxyl groups is 1. The zero-order chi connectivity index (χ0) is 18.0. The predicted molar refractivity (Wildman–Crippen MR) is 101 cm³/mol. The van der Waals surface area contributed by atoms with Crippen LogP contribution >= 0.6 is 0 Å². The zero-order valence-corrected chi connectivity index (χ0v) is 15.8. The molecule has 0 saturated carbocycles. The van der Waals surface area contributed by atoms with E-state index in [1.807, 2.05) is 30.3 Å².